The molecule has 0 fully saturated rings. The second-order valence-corrected chi connectivity index (χ2v) is 7.73. The molecule has 1 aromatic carbocycles. The lowest BCUT2D eigenvalue weighted by molar-refractivity contribution is -0.129. The SMILES string of the molecule is Cc1ccc(O)c(C)c1NC(=O)c1cnc(Nc2ccn(CC(=O)N(C)C)n2)s1. The zero-order valence-electron chi connectivity index (χ0n) is 16.6. The molecule has 2 heterocycles. The standard InChI is InChI=1S/C19H22N6O3S/c1-11-5-6-13(26)12(2)17(11)22-18(28)14-9-20-19(29-14)21-15-7-8-25(23-15)10-16(27)24(3)4/h5-9,26H,10H2,1-4H3,(H,22,28)(H,20,21,23). The van der Waals surface area contributed by atoms with Gasteiger partial charge in [-0.25, -0.2) is 4.98 Å². The van der Waals surface area contributed by atoms with Crippen molar-refractivity contribution in [3.8, 4) is 5.75 Å². The number of aromatic nitrogens is 3. The lowest BCUT2D eigenvalue weighted by Crippen LogP contribution is -2.26. The van der Waals surface area contributed by atoms with Crippen LogP contribution in [0.2, 0.25) is 0 Å². The molecule has 0 atom stereocenters. The molecule has 3 aromatic rings. The largest absolute Gasteiger partial charge is 0.508 e. The van der Waals surface area contributed by atoms with E-state index in [9.17, 15) is 14.7 Å². The van der Waals surface area contributed by atoms with Crippen molar-refractivity contribution in [1.29, 1.82) is 0 Å². The Morgan fingerprint density at radius 3 is 2.72 bits per heavy atom. The summed E-state index contributed by atoms with van der Waals surface area (Å²) in [5.41, 5.74) is 2.05. The molecule has 3 rings (SSSR count). The van der Waals surface area contributed by atoms with Crippen LogP contribution in [0.25, 0.3) is 0 Å². The van der Waals surface area contributed by atoms with Crippen molar-refractivity contribution in [2.75, 3.05) is 24.7 Å². The van der Waals surface area contributed by atoms with Gasteiger partial charge in [0, 0.05) is 31.9 Å². The van der Waals surface area contributed by atoms with Crippen LogP contribution in [0.5, 0.6) is 5.75 Å². The van der Waals surface area contributed by atoms with Gasteiger partial charge in [0.25, 0.3) is 5.91 Å². The minimum absolute atomic E-state index is 0.0645. The second-order valence-electron chi connectivity index (χ2n) is 6.70. The van der Waals surface area contributed by atoms with Gasteiger partial charge in [-0.2, -0.15) is 5.10 Å². The number of hydrogen-bond acceptors (Lipinski definition) is 7. The Labute approximate surface area is 172 Å². The van der Waals surface area contributed by atoms with E-state index in [4.69, 9.17) is 0 Å². The van der Waals surface area contributed by atoms with Crippen LogP contribution >= 0.6 is 11.3 Å². The summed E-state index contributed by atoms with van der Waals surface area (Å²) in [7, 11) is 3.37. The number of aryl methyl sites for hydroxylation is 1. The summed E-state index contributed by atoms with van der Waals surface area (Å²) < 4.78 is 1.53. The molecule has 0 unspecified atom stereocenters. The molecule has 2 amide bonds. The molecule has 0 aliphatic rings. The Morgan fingerprint density at radius 2 is 2.00 bits per heavy atom. The highest BCUT2D eigenvalue weighted by molar-refractivity contribution is 7.17. The number of nitrogens with one attached hydrogen (secondary N) is 2. The van der Waals surface area contributed by atoms with Gasteiger partial charge in [0.1, 0.15) is 17.2 Å². The number of carbonyl (C=O) groups excluding carboxylic acids is 2. The molecule has 10 heteroatoms. The van der Waals surface area contributed by atoms with Crippen molar-refractivity contribution >= 4 is 39.8 Å². The first-order valence-electron chi connectivity index (χ1n) is 8.81. The smallest absolute Gasteiger partial charge is 0.267 e. The van der Waals surface area contributed by atoms with Gasteiger partial charge in [-0.05, 0) is 25.5 Å². The van der Waals surface area contributed by atoms with Gasteiger partial charge in [0.2, 0.25) is 5.91 Å². The molecule has 9 nitrogen and oxygen atoms in total. The van der Waals surface area contributed by atoms with Crippen molar-refractivity contribution in [2.24, 2.45) is 0 Å². The molecule has 0 bridgehead atoms. The van der Waals surface area contributed by atoms with E-state index in [1.165, 1.54) is 27.1 Å². The molecular weight excluding hydrogens is 392 g/mol. The van der Waals surface area contributed by atoms with Gasteiger partial charge in [-0.1, -0.05) is 17.4 Å². The fraction of sp³-hybridized carbons (Fsp3) is 0.263. The van der Waals surface area contributed by atoms with Gasteiger partial charge in [0.15, 0.2) is 10.9 Å². The number of amides is 2. The number of anilines is 3. The summed E-state index contributed by atoms with van der Waals surface area (Å²) in [5.74, 6) is 0.276. The van der Waals surface area contributed by atoms with Crippen molar-refractivity contribution in [3.63, 3.8) is 0 Å². The van der Waals surface area contributed by atoms with Crippen LogP contribution in [0.15, 0.2) is 30.6 Å². The number of nitrogens with zero attached hydrogens (tertiary/aromatic N) is 4. The van der Waals surface area contributed by atoms with E-state index < -0.39 is 0 Å². The minimum atomic E-state index is -0.311. The summed E-state index contributed by atoms with van der Waals surface area (Å²) in [5, 5.41) is 20.5. The van der Waals surface area contributed by atoms with Crippen LogP contribution in [0.3, 0.4) is 0 Å². The number of phenols is 1. The Bertz CT molecular complexity index is 1060. The molecule has 3 N–H and O–H groups in total. The summed E-state index contributed by atoms with van der Waals surface area (Å²) in [6.07, 6.45) is 3.17. The van der Waals surface area contributed by atoms with Crippen LogP contribution in [0, 0.1) is 13.8 Å². The molecule has 0 saturated carbocycles. The highest BCUT2D eigenvalue weighted by atomic mass is 32.1. The van der Waals surface area contributed by atoms with E-state index in [0.29, 0.717) is 27.1 Å². The van der Waals surface area contributed by atoms with Crippen molar-refractivity contribution in [1.82, 2.24) is 19.7 Å². The van der Waals surface area contributed by atoms with E-state index in [1.807, 2.05) is 6.92 Å². The molecule has 0 aliphatic carbocycles. The number of carbonyl (C=O) groups is 2. The molecular formula is C19H22N6O3S. The fourth-order valence-corrected chi connectivity index (χ4v) is 3.26. The summed E-state index contributed by atoms with van der Waals surface area (Å²) >= 11 is 1.18. The van der Waals surface area contributed by atoms with E-state index >= 15 is 0 Å². The first-order valence-corrected chi connectivity index (χ1v) is 9.63. The Hall–Kier alpha value is -3.40. The highest BCUT2D eigenvalue weighted by Gasteiger charge is 2.15. The average Bonchev–Trinajstić information content (AvgIpc) is 3.31. The van der Waals surface area contributed by atoms with E-state index in [0.717, 1.165) is 5.56 Å². The average molecular weight is 414 g/mol. The first-order chi connectivity index (χ1) is 13.7. The minimum Gasteiger partial charge on any atom is -0.508 e. The Kier molecular flexibility index (Phi) is 5.83. The third kappa shape index (κ3) is 4.72. The molecule has 152 valence electrons. The Balaban J connectivity index is 1.67. The maximum atomic E-state index is 12.6. The number of thiazole rings is 1. The summed E-state index contributed by atoms with van der Waals surface area (Å²) in [6.45, 7) is 3.75. The number of phenolic OH excluding ortho intramolecular Hbond substituents is 1. The predicted octanol–water partition coefficient (Wildman–Crippen LogP) is 2.75. The van der Waals surface area contributed by atoms with Gasteiger partial charge in [-0.15, -0.1) is 0 Å². The number of rotatable bonds is 6. The lowest BCUT2D eigenvalue weighted by atomic mass is 10.1. The molecule has 0 saturated heterocycles. The molecule has 0 spiro atoms. The van der Waals surface area contributed by atoms with Crippen LogP contribution in [0.1, 0.15) is 20.8 Å². The topological polar surface area (TPSA) is 112 Å². The zero-order chi connectivity index (χ0) is 21.1. The molecule has 29 heavy (non-hydrogen) atoms. The van der Waals surface area contributed by atoms with Gasteiger partial charge >= 0.3 is 0 Å². The van der Waals surface area contributed by atoms with Gasteiger partial charge in [-0.3, -0.25) is 14.3 Å². The van der Waals surface area contributed by atoms with Crippen LogP contribution in [0.4, 0.5) is 16.6 Å². The number of benzene rings is 1. The maximum Gasteiger partial charge on any atom is 0.267 e. The summed E-state index contributed by atoms with van der Waals surface area (Å²) in [4.78, 5) is 30.4. The fourth-order valence-electron chi connectivity index (χ4n) is 2.55. The van der Waals surface area contributed by atoms with Crippen LogP contribution in [-0.2, 0) is 11.3 Å². The maximum absolute atomic E-state index is 12.6. The third-order valence-electron chi connectivity index (χ3n) is 4.28. The predicted molar refractivity (Wildman–Crippen MR) is 112 cm³/mol. The van der Waals surface area contributed by atoms with Crippen molar-refractivity contribution < 1.29 is 14.7 Å². The lowest BCUT2D eigenvalue weighted by Gasteiger charge is -2.11. The number of likely N-dealkylation sites (N-methyl/N-ethyl adjacent to an activating group) is 1. The summed E-state index contributed by atoms with van der Waals surface area (Å²) in [6, 6.07) is 5.07. The second kappa shape index (κ2) is 8.31. The van der Waals surface area contributed by atoms with Gasteiger partial charge < -0.3 is 20.6 Å². The van der Waals surface area contributed by atoms with Crippen molar-refractivity contribution in [3.05, 3.63) is 46.6 Å². The van der Waals surface area contributed by atoms with Crippen LogP contribution < -0.4 is 10.6 Å². The Morgan fingerprint density at radius 1 is 1.24 bits per heavy atom. The number of aromatic hydroxyl groups is 1. The van der Waals surface area contributed by atoms with Crippen LogP contribution in [-0.4, -0.2) is 50.7 Å². The monoisotopic (exact) mass is 414 g/mol. The van der Waals surface area contributed by atoms with Gasteiger partial charge in [0.05, 0.1) is 11.9 Å². The van der Waals surface area contributed by atoms with E-state index in [1.54, 1.807) is 45.4 Å². The van der Waals surface area contributed by atoms with E-state index in [-0.39, 0.29) is 24.1 Å². The first kappa shape index (κ1) is 20.3. The van der Waals surface area contributed by atoms with Crippen molar-refractivity contribution in [2.45, 2.75) is 20.4 Å². The third-order valence-corrected chi connectivity index (χ3v) is 5.20. The highest BCUT2D eigenvalue weighted by Crippen LogP contribution is 2.29. The molecule has 0 aliphatic heterocycles. The zero-order valence-corrected chi connectivity index (χ0v) is 17.4. The molecule has 2 aromatic heterocycles. The molecule has 0 radical (unpaired) electrons. The van der Waals surface area contributed by atoms with E-state index in [2.05, 4.69) is 20.7 Å². The normalized spacial score (nSPS) is 10.6. The number of hydrogen-bond donors (Lipinski definition) is 3. The quantitative estimate of drug-likeness (QED) is 0.572.